The van der Waals surface area contributed by atoms with Crippen molar-refractivity contribution in [1.82, 2.24) is 24.9 Å². The van der Waals surface area contributed by atoms with E-state index in [0.717, 1.165) is 6.54 Å². The summed E-state index contributed by atoms with van der Waals surface area (Å²) in [5.74, 6) is -0.123. The van der Waals surface area contributed by atoms with Gasteiger partial charge in [-0.05, 0) is 19.9 Å². The number of hydrogen-bond donors (Lipinski definition) is 1. The van der Waals surface area contributed by atoms with Gasteiger partial charge in [-0.3, -0.25) is 14.3 Å². The summed E-state index contributed by atoms with van der Waals surface area (Å²) in [6, 6.07) is 1.67. The summed E-state index contributed by atoms with van der Waals surface area (Å²) in [7, 11) is 1.66. The Kier molecular flexibility index (Phi) is 9.19. The van der Waals surface area contributed by atoms with Crippen molar-refractivity contribution in [2.45, 2.75) is 25.9 Å². The molecule has 1 saturated heterocycles. The first-order chi connectivity index (χ1) is 9.99. The highest BCUT2D eigenvalue weighted by molar-refractivity contribution is 5.86. The number of rotatable bonds is 4. The number of nitrogens with zero attached hydrogens (tertiary/aromatic N) is 4. The van der Waals surface area contributed by atoms with Gasteiger partial charge in [0, 0.05) is 45.1 Å². The Labute approximate surface area is 149 Å². The zero-order chi connectivity index (χ0) is 15.4. The second-order valence-corrected chi connectivity index (χ2v) is 5.55. The molecular weight excluding hydrogens is 341 g/mol. The van der Waals surface area contributed by atoms with E-state index >= 15 is 0 Å². The molecular formula is C14H25Cl2N5O2. The first-order valence-electron chi connectivity index (χ1n) is 7.24. The number of amides is 2. The number of aromatic nitrogens is 2. The molecule has 2 unspecified atom stereocenters. The topological polar surface area (TPSA) is 70.5 Å². The lowest BCUT2D eigenvalue weighted by Gasteiger charge is -2.33. The van der Waals surface area contributed by atoms with Crippen molar-refractivity contribution in [2.75, 3.05) is 33.2 Å². The minimum Gasteiger partial charge on any atom is -0.338 e. The van der Waals surface area contributed by atoms with Gasteiger partial charge in [-0.15, -0.1) is 24.8 Å². The summed E-state index contributed by atoms with van der Waals surface area (Å²) >= 11 is 0. The van der Waals surface area contributed by atoms with Crippen molar-refractivity contribution in [3.8, 4) is 0 Å². The number of nitrogens with one attached hydrogen (secondary N) is 1. The van der Waals surface area contributed by atoms with Crippen molar-refractivity contribution >= 4 is 36.6 Å². The third-order valence-corrected chi connectivity index (χ3v) is 3.75. The van der Waals surface area contributed by atoms with Crippen LogP contribution in [0.4, 0.5) is 0 Å². The monoisotopic (exact) mass is 365 g/mol. The van der Waals surface area contributed by atoms with E-state index in [1.165, 1.54) is 4.90 Å². The van der Waals surface area contributed by atoms with Crippen molar-refractivity contribution in [3.63, 3.8) is 0 Å². The summed E-state index contributed by atoms with van der Waals surface area (Å²) in [4.78, 5) is 27.8. The van der Waals surface area contributed by atoms with Crippen LogP contribution in [0.15, 0.2) is 18.5 Å². The van der Waals surface area contributed by atoms with Crippen LogP contribution in [-0.2, 0) is 9.59 Å². The third kappa shape index (κ3) is 5.67. The number of halogens is 2. The largest absolute Gasteiger partial charge is 0.338 e. The van der Waals surface area contributed by atoms with Gasteiger partial charge in [-0.2, -0.15) is 5.10 Å². The first kappa shape index (κ1) is 21.7. The summed E-state index contributed by atoms with van der Waals surface area (Å²) < 4.78 is 1.59. The molecule has 1 aromatic rings. The zero-order valence-electron chi connectivity index (χ0n) is 13.6. The van der Waals surface area contributed by atoms with Crippen molar-refractivity contribution in [3.05, 3.63) is 18.5 Å². The van der Waals surface area contributed by atoms with E-state index < -0.39 is 6.04 Å². The minimum absolute atomic E-state index is 0. The zero-order valence-corrected chi connectivity index (χ0v) is 15.3. The van der Waals surface area contributed by atoms with Gasteiger partial charge in [0.05, 0.1) is 6.54 Å². The van der Waals surface area contributed by atoms with Crippen LogP contribution < -0.4 is 5.32 Å². The van der Waals surface area contributed by atoms with Gasteiger partial charge in [0.25, 0.3) is 0 Å². The maximum absolute atomic E-state index is 12.3. The van der Waals surface area contributed by atoms with E-state index in [1.807, 2.05) is 11.8 Å². The summed E-state index contributed by atoms with van der Waals surface area (Å²) in [5.41, 5.74) is 0. The van der Waals surface area contributed by atoms with Crippen LogP contribution >= 0.6 is 24.8 Å². The van der Waals surface area contributed by atoms with Crippen molar-refractivity contribution in [1.29, 1.82) is 0 Å². The molecule has 0 spiro atoms. The molecule has 132 valence electrons. The van der Waals surface area contributed by atoms with Gasteiger partial charge < -0.3 is 15.1 Å². The lowest BCUT2D eigenvalue weighted by atomic mass is 10.2. The number of hydrogen-bond acceptors (Lipinski definition) is 4. The quantitative estimate of drug-likeness (QED) is 0.846. The number of piperazine rings is 1. The van der Waals surface area contributed by atoms with E-state index in [9.17, 15) is 9.59 Å². The van der Waals surface area contributed by atoms with E-state index in [0.29, 0.717) is 19.1 Å². The molecule has 2 rings (SSSR count). The summed E-state index contributed by atoms with van der Waals surface area (Å²) in [6.07, 6.45) is 3.38. The second-order valence-electron chi connectivity index (χ2n) is 5.55. The Morgan fingerprint density at radius 3 is 2.70 bits per heavy atom. The van der Waals surface area contributed by atoms with Crippen LogP contribution in [0, 0.1) is 0 Å². The van der Waals surface area contributed by atoms with Gasteiger partial charge >= 0.3 is 0 Å². The standard InChI is InChI=1S/C14H23N5O2.2ClH/c1-11-9-18(8-6-15-11)13(20)10-17(3)14(21)12(2)19-7-4-5-16-19;;/h4-5,7,11-12,15H,6,8-10H2,1-3H3;2*1H. The Morgan fingerprint density at radius 1 is 1.43 bits per heavy atom. The molecule has 0 aromatic carbocycles. The lowest BCUT2D eigenvalue weighted by Crippen LogP contribution is -2.53. The molecule has 0 saturated carbocycles. The molecule has 0 aliphatic carbocycles. The molecule has 23 heavy (non-hydrogen) atoms. The maximum atomic E-state index is 12.3. The normalized spacial score (nSPS) is 18.4. The molecule has 0 radical (unpaired) electrons. The van der Waals surface area contributed by atoms with E-state index in [4.69, 9.17) is 0 Å². The van der Waals surface area contributed by atoms with Gasteiger partial charge in [0.2, 0.25) is 11.8 Å². The van der Waals surface area contributed by atoms with E-state index in [-0.39, 0.29) is 43.2 Å². The highest BCUT2D eigenvalue weighted by Gasteiger charge is 2.25. The Bertz CT molecular complexity index is 497. The number of likely N-dealkylation sites (N-methyl/N-ethyl adjacent to an activating group) is 1. The molecule has 7 nitrogen and oxygen atoms in total. The number of carbonyl (C=O) groups is 2. The average Bonchev–Trinajstić information content (AvgIpc) is 2.99. The smallest absolute Gasteiger partial charge is 0.247 e. The predicted molar refractivity (Wildman–Crippen MR) is 93.1 cm³/mol. The fourth-order valence-corrected chi connectivity index (χ4v) is 2.48. The molecule has 2 heterocycles. The minimum atomic E-state index is -0.403. The van der Waals surface area contributed by atoms with Crippen LogP contribution in [-0.4, -0.2) is 70.7 Å². The number of carbonyl (C=O) groups excluding carboxylic acids is 2. The Hall–Kier alpha value is -1.31. The van der Waals surface area contributed by atoms with Crippen molar-refractivity contribution in [2.24, 2.45) is 0 Å². The van der Waals surface area contributed by atoms with Crippen LogP contribution in [0.3, 0.4) is 0 Å². The lowest BCUT2D eigenvalue weighted by molar-refractivity contribution is -0.141. The van der Waals surface area contributed by atoms with Gasteiger partial charge in [0.1, 0.15) is 6.04 Å². The van der Waals surface area contributed by atoms with Gasteiger partial charge in [0.15, 0.2) is 0 Å². The molecule has 1 aliphatic heterocycles. The first-order valence-corrected chi connectivity index (χ1v) is 7.24. The molecule has 1 fully saturated rings. The maximum Gasteiger partial charge on any atom is 0.247 e. The summed E-state index contributed by atoms with van der Waals surface area (Å²) in [6.45, 7) is 6.12. The van der Waals surface area contributed by atoms with E-state index in [2.05, 4.69) is 10.4 Å². The fraction of sp³-hybridized carbons (Fsp3) is 0.643. The SMILES string of the molecule is CC1CN(C(=O)CN(C)C(=O)C(C)n2cccn2)CCN1.Cl.Cl. The van der Waals surface area contributed by atoms with Crippen LogP contribution in [0.2, 0.25) is 0 Å². The molecule has 2 atom stereocenters. The third-order valence-electron chi connectivity index (χ3n) is 3.75. The summed E-state index contributed by atoms with van der Waals surface area (Å²) in [5, 5.41) is 7.36. The van der Waals surface area contributed by atoms with Gasteiger partial charge in [-0.25, -0.2) is 0 Å². The molecule has 0 bridgehead atoms. The molecule has 9 heteroatoms. The molecule has 1 N–H and O–H groups in total. The molecule has 2 amide bonds. The average molecular weight is 366 g/mol. The Morgan fingerprint density at radius 2 is 2.13 bits per heavy atom. The van der Waals surface area contributed by atoms with Crippen molar-refractivity contribution < 1.29 is 9.59 Å². The van der Waals surface area contributed by atoms with E-state index in [1.54, 1.807) is 37.1 Å². The molecule has 1 aliphatic rings. The second kappa shape index (κ2) is 9.75. The van der Waals surface area contributed by atoms with Gasteiger partial charge in [-0.1, -0.05) is 0 Å². The van der Waals surface area contributed by atoms with Crippen LogP contribution in [0.5, 0.6) is 0 Å². The van der Waals surface area contributed by atoms with Crippen LogP contribution in [0.25, 0.3) is 0 Å². The van der Waals surface area contributed by atoms with Crippen LogP contribution in [0.1, 0.15) is 19.9 Å². The Balaban J connectivity index is 0.00000242. The highest BCUT2D eigenvalue weighted by atomic mass is 35.5. The molecule has 1 aromatic heterocycles. The highest BCUT2D eigenvalue weighted by Crippen LogP contribution is 2.08. The fourth-order valence-electron chi connectivity index (χ4n) is 2.48. The predicted octanol–water partition coefficient (Wildman–Crippen LogP) is 0.566.